The molecule has 0 saturated carbocycles. The minimum atomic E-state index is -0.289. The Morgan fingerprint density at radius 3 is 2.64 bits per heavy atom. The van der Waals surface area contributed by atoms with Gasteiger partial charge in [0, 0.05) is 29.9 Å². The Bertz CT molecular complexity index is 1070. The molecule has 2 heterocycles. The highest BCUT2D eigenvalue weighted by Gasteiger charge is 2.13. The summed E-state index contributed by atoms with van der Waals surface area (Å²) in [5.74, 6) is -0.289. The van der Waals surface area contributed by atoms with Crippen LogP contribution in [-0.2, 0) is 16.1 Å². The highest BCUT2D eigenvalue weighted by atomic mass is 16.5. The fraction of sp³-hybridized carbons (Fsp3) is 0.286. The molecule has 1 aliphatic rings. The first-order valence-corrected chi connectivity index (χ1v) is 9.31. The van der Waals surface area contributed by atoms with Gasteiger partial charge in [0.1, 0.15) is 6.54 Å². The fourth-order valence-electron chi connectivity index (χ4n) is 3.45. The van der Waals surface area contributed by atoms with E-state index in [0.29, 0.717) is 24.3 Å². The highest BCUT2D eigenvalue weighted by molar-refractivity contribution is 5.91. The number of aromatic nitrogens is 2. The minimum Gasteiger partial charge on any atom is -0.378 e. The lowest BCUT2D eigenvalue weighted by molar-refractivity contribution is -0.117. The van der Waals surface area contributed by atoms with Gasteiger partial charge in [-0.15, -0.1) is 0 Å². The number of fused-ring (bicyclic) bond motifs is 1. The van der Waals surface area contributed by atoms with Crippen molar-refractivity contribution in [2.24, 2.45) is 0 Å². The maximum absolute atomic E-state index is 12.6. The van der Waals surface area contributed by atoms with Crippen molar-refractivity contribution in [2.45, 2.75) is 13.5 Å². The first kappa shape index (κ1) is 18.2. The van der Waals surface area contributed by atoms with E-state index in [9.17, 15) is 9.59 Å². The van der Waals surface area contributed by atoms with Gasteiger partial charge in [0.05, 0.1) is 24.3 Å². The third kappa shape index (κ3) is 3.75. The third-order valence-electron chi connectivity index (χ3n) is 4.85. The summed E-state index contributed by atoms with van der Waals surface area (Å²) in [6, 6.07) is 15.0. The quantitative estimate of drug-likeness (QED) is 0.753. The monoisotopic (exact) mass is 378 g/mol. The molecule has 4 rings (SSSR count). The molecule has 2 aromatic carbocycles. The maximum atomic E-state index is 12.6. The molecule has 1 aromatic heterocycles. The molecule has 0 unspecified atom stereocenters. The van der Waals surface area contributed by atoms with E-state index < -0.39 is 0 Å². The summed E-state index contributed by atoms with van der Waals surface area (Å²) in [6.07, 6.45) is 0. The van der Waals surface area contributed by atoms with Gasteiger partial charge in [0.15, 0.2) is 0 Å². The zero-order chi connectivity index (χ0) is 19.5. The third-order valence-corrected chi connectivity index (χ3v) is 4.85. The van der Waals surface area contributed by atoms with E-state index in [-0.39, 0.29) is 18.0 Å². The molecule has 1 N–H and O–H groups in total. The van der Waals surface area contributed by atoms with Gasteiger partial charge in [-0.25, -0.2) is 4.68 Å². The number of ether oxygens (including phenoxy) is 1. The summed E-state index contributed by atoms with van der Waals surface area (Å²) in [7, 11) is 0. The van der Waals surface area contributed by atoms with Gasteiger partial charge in [-0.1, -0.05) is 24.3 Å². The lowest BCUT2D eigenvalue weighted by Gasteiger charge is -2.29. The molecular weight excluding hydrogens is 356 g/mol. The van der Waals surface area contributed by atoms with Crippen molar-refractivity contribution < 1.29 is 9.53 Å². The Morgan fingerprint density at radius 1 is 1.11 bits per heavy atom. The SMILES string of the molecule is Cc1nn(CC(=O)Nc2cccc(N3CCOCC3)c2)c(=O)c2ccccc12. The van der Waals surface area contributed by atoms with Crippen LogP contribution >= 0.6 is 0 Å². The molecule has 0 atom stereocenters. The largest absolute Gasteiger partial charge is 0.378 e. The highest BCUT2D eigenvalue weighted by Crippen LogP contribution is 2.20. The first-order chi connectivity index (χ1) is 13.6. The number of hydrogen-bond acceptors (Lipinski definition) is 5. The number of aryl methyl sites for hydroxylation is 1. The number of nitrogens with zero attached hydrogens (tertiary/aromatic N) is 3. The lowest BCUT2D eigenvalue weighted by atomic mass is 10.1. The number of nitrogens with one attached hydrogen (secondary N) is 1. The summed E-state index contributed by atoms with van der Waals surface area (Å²) in [6.45, 7) is 4.76. The van der Waals surface area contributed by atoms with E-state index in [2.05, 4.69) is 15.3 Å². The number of morpholine rings is 1. The van der Waals surface area contributed by atoms with Gasteiger partial charge < -0.3 is 15.0 Å². The zero-order valence-corrected chi connectivity index (χ0v) is 15.7. The Morgan fingerprint density at radius 2 is 1.86 bits per heavy atom. The molecular formula is C21H22N4O3. The second kappa shape index (κ2) is 7.82. The van der Waals surface area contributed by atoms with Crippen molar-refractivity contribution in [3.8, 4) is 0 Å². The number of hydrogen-bond donors (Lipinski definition) is 1. The van der Waals surface area contributed by atoms with Crippen molar-refractivity contribution in [1.82, 2.24) is 9.78 Å². The number of amides is 1. The van der Waals surface area contributed by atoms with Crippen molar-refractivity contribution in [3.05, 3.63) is 64.6 Å². The Labute approximate surface area is 162 Å². The maximum Gasteiger partial charge on any atom is 0.275 e. The van der Waals surface area contributed by atoms with E-state index >= 15 is 0 Å². The Kier molecular flexibility index (Phi) is 5.08. The van der Waals surface area contributed by atoms with Crippen molar-refractivity contribution >= 4 is 28.1 Å². The van der Waals surface area contributed by atoms with Gasteiger partial charge in [-0.3, -0.25) is 9.59 Å². The molecule has 28 heavy (non-hydrogen) atoms. The minimum absolute atomic E-state index is 0.133. The van der Waals surface area contributed by atoms with Gasteiger partial charge in [-0.2, -0.15) is 5.10 Å². The number of benzene rings is 2. The van der Waals surface area contributed by atoms with Gasteiger partial charge in [0.2, 0.25) is 5.91 Å². The molecule has 3 aromatic rings. The number of anilines is 2. The van der Waals surface area contributed by atoms with Crippen LogP contribution in [-0.4, -0.2) is 42.0 Å². The molecule has 7 heteroatoms. The van der Waals surface area contributed by atoms with Crippen LogP contribution < -0.4 is 15.8 Å². The molecule has 0 aliphatic carbocycles. The van der Waals surface area contributed by atoms with Crippen LogP contribution in [0.2, 0.25) is 0 Å². The molecule has 0 radical (unpaired) electrons. The second-order valence-electron chi connectivity index (χ2n) is 6.79. The van der Waals surface area contributed by atoms with Crippen molar-refractivity contribution in [3.63, 3.8) is 0 Å². The average Bonchev–Trinajstić information content (AvgIpc) is 2.73. The summed E-state index contributed by atoms with van der Waals surface area (Å²) >= 11 is 0. The summed E-state index contributed by atoms with van der Waals surface area (Å²) in [5, 5.41) is 8.54. The van der Waals surface area contributed by atoms with Crippen LogP contribution in [0.25, 0.3) is 10.8 Å². The van der Waals surface area contributed by atoms with Crippen LogP contribution in [0.4, 0.5) is 11.4 Å². The van der Waals surface area contributed by atoms with Gasteiger partial charge in [-0.05, 0) is 31.2 Å². The summed E-state index contributed by atoms with van der Waals surface area (Å²) in [4.78, 5) is 27.4. The summed E-state index contributed by atoms with van der Waals surface area (Å²) in [5.41, 5.74) is 2.19. The first-order valence-electron chi connectivity index (χ1n) is 9.31. The summed E-state index contributed by atoms with van der Waals surface area (Å²) < 4.78 is 6.60. The standard InChI is InChI=1S/C21H22N4O3/c1-15-18-7-2-3-8-19(18)21(27)25(23-15)14-20(26)22-16-5-4-6-17(13-16)24-9-11-28-12-10-24/h2-8,13H,9-12,14H2,1H3,(H,22,26). The van der Waals surface area contributed by atoms with E-state index in [1.54, 1.807) is 6.07 Å². The van der Waals surface area contributed by atoms with Crippen LogP contribution in [0.15, 0.2) is 53.3 Å². The predicted molar refractivity (Wildman–Crippen MR) is 109 cm³/mol. The van der Waals surface area contributed by atoms with Gasteiger partial charge >= 0.3 is 0 Å². The Hall–Kier alpha value is -3.19. The van der Waals surface area contributed by atoms with Crippen LogP contribution in [0.1, 0.15) is 5.69 Å². The Balaban J connectivity index is 1.51. The topological polar surface area (TPSA) is 76.5 Å². The normalized spacial score (nSPS) is 14.2. The van der Waals surface area contributed by atoms with Crippen molar-refractivity contribution in [1.29, 1.82) is 0 Å². The molecule has 0 spiro atoms. The number of rotatable bonds is 4. The smallest absolute Gasteiger partial charge is 0.275 e. The van der Waals surface area contributed by atoms with Crippen LogP contribution in [0.5, 0.6) is 0 Å². The van der Waals surface area contributed by atoms with E-state index in [4.69, 9.17) is 4.74 Å². The van der Waals surface area contributed by atoms with E-state index in [1.807, 2.05) is 49.4 Å². The zero-order valence-electron chi connectivity index (χ0n) is 15.7. The van der Waals surface area contributed by atoms with Gasteiger partial charge in [0.25, 0.3) is 5.56 Å². The predicted octanol–water partition coefficient (Wildman–Crippen LogP) is 2.18. The van der Waals surface area contributed by atoms with E-state index in [1.165, 1.54) is 4.68 Å². The average molecular weight is 378 g/mol. The molecule has 144 valence electrons. The van der Waals surface area contributed by atoms with E-state index in [0.717, 1.165) is 29.9 Å². The molecule has 0 bridgehead atoms. The number of carbonyl (C=O) groups is 1. The number of carbonyl (C=O) groups excluding carboxylic acids is 1. The molecule has 1 aliphatic heterocycles. The van der Waals surface area contributed by atoms with Crippen LogP contribution in [0, 0.1) is 6.92 Å². The van der Waals surface area contributed by atoms with Crippen molar-refractivity contribution in [2.75, 3.05) is 36.5 Å². The molecule has 7 nitrogen and oxygen atoms in total. The molecule has 1 fully saturated rings. The van der Waals surface area contributed by atoms with Crippen LogP contribution in [0.3, 0.4) is 0 Å². The fourth-order valence-corrected chi connectivity index (χ4v) is 3.45. The molecule has 1 saturated heterocycles. The molecule has 1 amide bonds. The lowest BCUT2D eigenvalue weighted by Crippen LogP contribution is -2.36. The second-order valence-corrected chi connectivity index (χ2v) is 6.79.